The van der Waals surface area contributed by atoms with Crippen molar-refractivity contribution in [3.05, 3.63) is 58.1 Å². The van der Waals surface area contributed by atoms with E-state index < -0.39 is 10.0 Å². The van der Waals surface area contributed by atoms with Crippen LogP contribution in [-0.2, 0) is 14.8 Å². The van der Waals surface area contributed by atoms with Gasteiger partial charge < -0.3 is 9.64 Å². The van der Waals surface area contributed by atoms with Crippen molar-refractivity contribution in [3.63, 3.8) is 0 Å². The lowest BCUT2D eigenvalue weighted by molar-refractivity contribution is -0.134. The predicted molar refractivity (Wildman–Crippen MR) is 113 cm³/mol. The second-order valence-electron chi connectivity index (χ2n) is 7.23. The number of rotatable bonds is 5. The van der Waals surface area contributed by atoms with Gasteiger partial charge in [0, 0.05) is 31.2 Å². The Kier molecular flexibility index (Phi) is 6.51. The van der Waals surface area contributed by atoms with Gasteiger partial charge in [-0.3, -0.25) is 4.79 Å². The van der Waals surface area contributed by atoms with Crippen LogP contribution in [0.3, 0.4) is 0 Å². The molecule has 1 fully saturated rings. The molecule has 6 nitrogen and oxygen atoms in total. The van der Waals surface area contributed by atoms with E-state index in [9.17, 15) is 13.2 Å². The van der Waals surface area contributed by atoms with Gasteiger partial charge in [-0.2, -0.15) is 4.31 Å². The lowest BCUT2D eigenvalue weighted by atomic mass is 10.1. The number of carbonyl (C=O) groups is 1. The molecule has 0 aliphatic carbocycles. The van der Waals surface area contributed by atoms with Gasteiger partial charge in [-0.1, -0.05) is 17.7 Å². The molecule has 0 bridgehead atoms. The topological polar surface area (TPSA) is 66.9 Å². The number of aryl methyl sites for hydroxylation is 3. The maximum absolute atomic E-state index is 12.9. The molecular formula is C21H25ClN2O4S. The number of nitrogens with zero attached hydrogens (tertiary/aromatic N) is 2. The molecule has 2 aromatic carbocycles. The second kappa shape index (κ2) is 8.73. The highest BCUT2D eigenvalue weighted by atomic mass is 35.5. The molecule has 8 heteroatoms. The van der Waals surface area contributed by atoms with Crippen LogP contribution in [0.2, 0.25) is 5.02 Å². The van der Waals surface area contributed by atoms with Crippen LogP contribution in [0.5, 0.6) is 5.75 Å². The summed E-state index contributed by atoms with van der Waals surface area (Å²) >= 11 is 5.99. The third-order valence-electron chi connectivity index (χ3n) is 5.20. The molecule has 0 saturated carbocycles. The lowest BCUT2D eigenvalue weighted by Gasteiger charge is -2.34. The predicted octanol–water partition coefficient (Wildman–Crippen LogP) is 3.18. The third kappa shape index (κ3) is 4.91. The lowest BCUT2D eigenvalue weighted by Crippen LogP contribution is -2.51. The van der Waals surface area contributed by atoms with E-state index >= 15 is 0 Å². The Hall–Kier alpha value is -2.09. The van der Waals surface area contributed by atoms with Crippen LogP contribution >= 0.6 is 11.6 Å². The normalized spacial score (nSPS) is 15.4. The van der Waals surface area contributed by atoms with Gasteiger partial charge in [0.25, 0.3) is 5.91 Å². The van der Waals surface area contributed by atoms with Crippen LogP contribution in [0.25, 0.3) is 0 Å². The van der Waals surface area contributed by atoms with E-state index in [1.807, 2.05) is 26.8 Å². The molecule has 0 unspecified atom stereocenters. The van der Waals surface area contributed by atoms with Crippen molar-refractivity contribution < 1.29 is 17.9 Å². The summed E-state index contributed by atoms with van der Waals surface area (Å²) in [6, 6.07) is 10.4. The minimum Gasteiger partial charge on any atom is -0.484 e. The molecule has 2 aromatic rings. The van der Waals surface area contributed by atoms with Gasteiger partial charge in [0.15, 0.2) is 6.61 Å². The summed E-state index contributed by atoms with van der Waals surface area (Å²) in [6.45, 7) is 6.83. The molecule has 0 radical (unpaired) electrons. The quantitative estimate of drug-likeness (QED) is 0.722. The first-order valence-corrected chi connectivity index (χ1v) is 11.2. The molecule has 1 heterocycles. The Balaban J connectivity index is 1.57. The van der Waals surface area contributed by atoms with Crippen molar-refractivity contribution in [2.45, 2.75) is 25.7 Å². The number of piperazine rings is 1. The summed E-state index contributed by atoms with van der Waals surface area (Å²) in [6.07, 6.45) is 0. The summed E-state index contributed by atoms with van der Waals surface area (Å²) in [5, 5.41) is 0.643. The minimum absolute atomic E-state index is 0.0923. The summed E-state index contributed by atoms with van der Waals surface area (Å²) in [7, 11) is -3.56. The molecule has 156 valence electrons. The Bertz CT molecular complexity index is 1020. The first-order chi connectivity index (χ1) is 13.7. The first-order valence-electron chi connectivity index (χ1n) is 9.42. The highest BCUT2D eigenvalue weighted by molar-refractivity contribution is 7.89. The molecule has 29 heavy (non-hydrogen) atoms. The molecule has 1 aliphatic heterocycles. The van der Waals surface area contributed by atoms with Gasteiger partial charge in [-0.25, -0.2) is 8.42 Å². The summed E-state index contributed by atoms with van der Waals surface area (Å²) in [5.74, 6) is 0.414. The molecule has 1 amide bonds. The zero-order valence-corrected chi connectivity index (χ0v) is 18.4. The highest BCUT2D eigenvalue weighted by Crippen LogP contribution is 2.22. The van der Waals surface area contributed by atoms with Gasteiger partial charge >= 0.3 is 0 Å². The molecule has 0 N–H and O–H groups in total. The smallest absolute Gasteiger partial charge is 0.260 e. The van der Waals surface area contributed by atoms with Crippen LogP contribution in [0.4, 0.5) is 0 Å². The van der Waals surface area contributed by atoms with E-state index in [0.29, 0.717) is 28.8 Å². The van der Waals surface area contributed by atoms with Crippen LogP contribution in [0.1, 0.15) is 16.7 Å². The number of halogens is 1. The molecule has 1 saturated heterocycles. The van der Waals surface area contributed by atoms with E-state index in [0.717, 1.165) is 16.7 Å². The third-order valence-corrected chi connectivity index (χ3v) is 7.52. The summed E-state index contributed by atoms with van der Waals surface area (Å²) in [5.41, 5.74) is 2.87. The van der Waals surface area contributed by atoms with E-state index in [2.05, 4.69) is 0 Å². The fourth-order valence-corrected chi connectivity index (χ4v) is 4.77. The minimum atomic E-state index is -3.56. The van der Waals surface area contributed by atoms with Gasteiger partial charge in [0.1, 0.15) is 5.75 Å². The van der Waals surface area contributed by atoms with E-state index in [-0.39, 0.29) is 25.6 Å². The maximum Gasteiger partial charge on any atom is 0.260 e. The van der Waals surface area contributed by atoms with Gasteiger partial charge in [-0.05, 0) is 67.8 Å². The maximum atomic E-state index is 12.9. The summed E-state index contributed by atoms with van der Waals surface area (Å²) < 4.78 is 32.8. The van der Waals surface area contributed by atoms with Crippen molar-refractivity contribution in [3.8, 4) is 5.75 Å². The fourth-order valence-electron chi connectivity index (χ4n) is 3.14. The Morgan fingerprint density at radius 1 is 0.966 bits per heavy atom. The van der Waals surface area contributed by atoms with E-state index in [1.54, 1.807) is 35.2 Å². The van der Waals surface area contributed by atoms with Crippen molar-refractivity contribution in [1.29, 1.82) is 0 Å². The van der Waals surface area contributed by atoms with Gasteiger partial charge in [-0.15, -0.1) is 0 Å². The van der Waals surface area contributed by atoms with Gasteiger partial charge in [0.2, 0.25) is 10.0 Å². The van der Waals surface area contributed by atoms with Crippen molar-refractivity contribution in [2.75, 3.05) is 32.8 Å². The zero-order valence-electron chi connectivity index (χ0n) is 16.8. The number of hydrogen-bond donors (Lipinski definition) is 0. The fraction of sp³-hybridized carbons (Fsp3) is 0.381. The second-order valence-corrected chi connectivity index (χ2v) is 9.58. The first kappa shape index (κ1) is 21.6. The van der Waals surface area contributed by atoms with Crippen molar-refractivity contribution in [1.82, 2.24) is 9.21 Å². The molecule has 0 atom stereocenters. The molecule has 3 rings (SSSR count). The molecular weight excluding hydrogens is 412 g/mol. The number of amides is 1. The number of ether oxygens (including phenoxy) is 1. The van der Waals surface area contributed by atoms with Crippen LogP contribution < -0.4 is 4.74 Å². The Morgan fingerprint density at radius 2 is 1.66 bits per heavy atom. The standard InChI is InChI=1S/C21H25ClN2O4S/c1-15-4-6-19(13-16(15)2)29(26,27)24-10-8-23(9-11-24)21(25)14-28-18-5-7-20(22)17(3)12-18/h4-7,12-13H,8-11,14H2,1-3H3. The van der Waals surface area contributed by atoms with Crippen LogP contribution in [-0.4, -0.2) is 56.3 Å². The number of benzene rings is 2. The van der Waals surface area contributed by atoms with E-state index in [4.69, 9.17) is 16.3 Å². The molecule has 1 aliphatic rings. The zero-order chi connectivity index (χ0) is 21.2. The van der Waals surface area contributed by atoms with E-state index in [1.165, 1.54) is 4.31 Å². The average molecular weight is 437 g/mol. The average Bonchev–Trinajstić information content (AvgIpc) is 2.70. The SMILES string of the molecule is Cc1ccc(S(=O)(=O)N2CCN(C(=O)COc3ccc(Cl)c(C)c3)CC2)cc1C. The summed E-state index contributed by atoms with van der Waals surface area (Å²) in [4.78, 5) is 14.4. The van der Waals surface area contributed by atoms with Crippen molar-refractivity contribution in [2.24, 2.45) is 0 Å². The van der Waals surface area contributed by atoms with Crippen LogP contribution in [0.15, 0.2) is 41.3 Å². The highest BCUT2D eigenvalue weighted by Gasteiger charge is 2.30. The Labute approximate surface area is 177 Å². The monoisotopic (exact) mass is 436 g/mol. The molecule has 0 aromatic heterocycles. The van der Waals surface area contributed by atoms with Gasteiger partial charge in [0.05, 0.1) is 4.90 Å². The Morgan fingerprint density at radius 3 is 2.28 bits per heavy atom. The number of carbonyl (C=O) groups excluding carboxylic acids is 1. The number of sulfonamides is 1. The van der Waals surface area contributed by atoms with Crippen LogP contribution in [0, 0.1) is 20.8 Å². The molecule has 0 spiro atoms. The largest absolute Gasteiger partial charge is 0.484 e. The van der Waals surface area contributed by atoms with Crippen molar-refractivity contribution >= 4 is 27.5 Å². The number of hydrogen-bond acceptors (Lipinski definition) is 4.